The van der Waals surface area contributed by atoms with Gasteiger partial charge in [0.05, 0.1) is 12.7 Å². The van der Waals surface area contributed by atoms with Crippen LogP contribution in [0.3, 0.4) is 0 Å². The summed E-state index contributed by atoms with van der Waals surface area (Å²) in [7, 11) is 0. The topological polar surface area (TPSA) is 24.5 Å². The summed E-state index contributed by atoms with van der Waals surface area (Å²) in [5, 5.41) is 3.56. The van der Waals surface area contributed by atoms with Crippen molar-refractivity contribution in [2.75, 3.05) is 32.8 Å². The third-order valence-corrected chi connectivity index (χ3v) is 2.88. The quantitative estimate of drug-likeness (QED) is 0.793. The minimum atomic E-state index is 0.229. The second kappa shape index (κ2) is 5.99. The molecular weight excluding hydrogens is 200 g/mol. The SMILES string of the molecule is CC(CNC(C)(C)C)CN1CCOC(C)C1. The Labute approximate surface area is 101 Å². The lowest BCUT2D eigenvalue weighted by Crippen LogP contribution is -2.46. The zero-order valence-corrected chi connectivity index (χ0v) is 11.5. The molecule has 16 heavy (non-hydrogen) atoms. The monoisotopic (exact) mass is 228 g/mol. The van der Waals surface area contributed by atoms with E-state index in [1.165, 1.54) is 6.54 Å². The molecule has 3 heteroatoms. The van der Waals surface area contributed by atoms with E-state index in [-0.39, 0.29) is 5.54 Å². The fraction of sp³-hybridized carbons (Fsp3) is 1.00. The van der Waals surface area contributed by atoms with Crippen molar-refractivity contribution < 1.29 is 4.74 Å². The van der Waals surface area contributed by atoms with Crippen LogP contribution >= 0.6 is 0 Å². The molecule has 0 spiro atoms. The normalized spacial score (nSPS) is 25.7. The van der Waals surface area contributed by atoms with E-state index in [9.17, 15) is 0 Å². The summed E-state index contributed by atoms with van der Waals surface area (Å²) in [6, 6.07) is 0. The molecular formula is C13H28N2O. The van der Waals surface area contributed by atoms with Crippen LogP contribution in [-0.2, 0) is 4.74 Å². The summed E-state index contributed by atoms with van der Waals surface area (Å²) in [5.41, 5.74) is 0.229. The lowest BCUT2D eigenvalue weighted by molar-refractivity contribution is -0.0224. The predicted octanol–water partition coefficient (Wildman–Crippen LogP) is 1.73. The molecule has 0 saturated carbocycles. The van der Waals surface area contributed by atoms with E-state index in [0.717, 1.165) is 26.2 Å². The van der Waals surface area contributed by atoms with Crippen molar-refractivity contribution in [3.63, 3.8) is 0 Å². The highest BCUT2D eigenvalue weighted by molar-refractivity contribution is 4.75. The molecule has 0 aromatic heterocycles. The highest BCUT2D eigenvalue weighted by Gasteiger charge is 2.19. The van der Waals surface area contributed by atoms with E-state index < -0.39 is 0 Å². The van der Waals surface area contributed by atoms with Crippen molar-refractivity contribution in [3.8, 4) is 0 Å². The molecule has 2 atom stereocenters. The predicted molar refractivity (Wildman–Crippen MR) is 68.8 cm³/mol. The van der Waals surface area contributed by atoms with Gasteiger partial charge in [-0.3, -0.25) is 4.90 Å². The summed E-state index contributed by atoms with van der Waals surface area (Å²) < 4.78 is 5.55. The molecule has 1 N–H and O–H groups in total. The van der Waals surface area contributed by atoms with Gasteiger partial charge in [0.1, 0.15) is 0 Å². The number of hydrogen-bond acceptors (Lipinski definition) is 3. The van der Waals surface area contributed by atoms with Gasteiger partial charge in [-0.15, -0.1) is 0 Å². The van der Waals surface area contributed by atoms with Gasteiger partial charge in [-0.05, 0) is 40.2 Å². The van der Waals surface area contributed by atoms with E-state index in [4.69, 9.17) is 4.74 Å². The fourth-order valence-corrected chi connectivity index (χ4v) is 2.04. The molecule has 2 unspecified atom stereocenters. The van der Waals surface area contributed by atoms with Crippen molar-refractivity contribution in [3.05, 3.63) is 0 Å². The van der Waals surface area contributed by atoms with E-state index in [1.54, 1.807) is 0 Å². The Morgan fingerprint density at radius 1 is 1.44 bits per heavy atom. The summed E-state index contributed by atoms with van der Waals surface area (Å²) in [6.45, 7) is 16.5. The first-order chi connectivity index (χ1) is 7.37. The zero-order valence-electron chi connectivity index (χ0n) is 11.5. The summed E-state index contributed by atoms with van der Waals surface area (Å²) in [5.74, 6) is 0.699. The third-order valence-electron chi connectivity index (χ3n) is 2.88. The van der Waals surface area contributed by atoms with E-state index >= 15 is 0 Å². The summed E-state index contributed by atoms with van der Waals surface area (Å²) in [6.07, 6.45) is 0.400. The summed E-state index contributed by atoms with van der Waals surface area (Å²) in [4.78, 5) is 2.52. The molecule has 1 rings (SSSR count). The number of hydrogen-bond donors (Lipinski definition) is 1. The molecule has 1 aliphatic rings. The van der Waals surface area contributed by atoms with Crippen molar-refractivity contribution in [2.45, 2.75) is 46.3 Å². The van der Waals surface area contributed by atoms with Crippen LogP contribution in [0.15, 0.2) is 0 Å². The van der Waals surface area contributed by atoms with Gasteiger partial charge in [0.25, 0.3) is 0 Å². The number of nitrogens with one attached hydrogen (secondary N) is 1. The van der Waals surface area contributed by atoms with Gasteiger partial charge in [0.2, 0.25) is 0 Å². The molecule has 0 amide bonds. The molecule has 1 aliphatic heterocycles. The molecule has 0 radical (unpaired) electrons. The number of morpholine rings is 1. The van der Waals surface area contributed by atoms with Crippen molar-refractivity contribution in [1.29, 1.82) is 0 Å². The molecule has 1 saturated heterocycles. The fourth-order valence-electron chi connectivity index (χ4n) is 2.04. The van der Waals surface area contributed by atoms with Crippen LogP contribution in [0.1, 0.15) is 34.6 Å². The number of rotatable bonds is 4. The maximum atomic E-state index is 5.55. The first-order valence-electron chi connectivity index (χ1n) is 6.46. The first kappa shape index (κ1) is 13.9. The maximum Gasteiger partial charge on any atom is 0.0674 e. The Bertz CT molecular complexity index is 201. The molecule has 0 aromatic rings. The van der Waals surface area contributed by atoms with Crippen molar-refractivity contribution in [1.82, 2.24) is 10.2 Å². The molecule has 0 bridgehead atoms. The van der Waals surface area contributed by atoms with Gasteiger partial charge >= 0.3 is 0 Å². The molecule has 3 nitrogen and oxygen atoms in total. The van der Waals surface area contributed by atoms with E-state index in [0.29, 0.717) is 12.0 Å². The van der Waals surface area contributed by atoms with Crippen LogP contribution in [0, 0.1) is 5.92 Å². The lowest BCUT2D eigenvalue weighted by atomic mass is 10.1. The molecule has 1 heterocycles. The molecule has 96 valence electrons. The average molecular weight is 228 g/mol. The largest absolute Gasteiger partial charge is 0.376 e. The summed E-state index contributed by atoms with van der Waals surface area (Å²) >= 11 is 0. The second-order valence-electron chi connectivity index (χ2n) is 6.18. The van der Waals surface area contributed by atoms with Crippen molar-refractivity contribution in [2.24, 2.45) is 5.92 Å². The van der Waals surface area contributed by atoms with Gasteiger partial charge in [-0.25, -0.2) is 0 Å². The Balaban J connectivity index is 2.20. The average Bonchev–Trinajstić information content (AvgIpc) is 2.14. The Morgan fingerprint density at radius 2 is 2.12 bits per heavy atom. The van der Waals surface area contributed by atoms with Gasteiger partial charge in [-0.2, -0.15) is 0 Å². The Kier molecular flexibility index (Phi) is 5.22. The minimum Gasteiger partial charge on any atom is -0.376 e. The Hall–Kier alpha value is -0.120. The minimum absolute atomic E-state index is 0.229. The molecule has 0 aliphatic carbocycles. The number of nitrogens with zero attached hydrogens (tertiary/aromatic N) is 1. The highest BCUT2D eigenvalue weighted by atomic mass is 16.5. The van der Waals surface area contributed by atoms with Gasteiger partial charge in [0, 0.05) is 25.2 Å². The van der Waals surface area contributed by atoms with Crippen LogP contribution in [0.25, 0.3) is 0 Å². The van der Waals surface area contributed by atoms with E-state index in [1.807, 2.05) is 0 Å². The standard InChI is InChI=1S/C13H28N2O/c1-11(8-14-13(3,4)5)9-15-6-7-16-12(2)10-15/h11-12,14H,6-10H2,1-5H3. The number of ether oxygens (including phenoxy) is 1. The second-order valence-corrected chi connectivity index (χ2v) is 6.18. The van der Waals surface area contributed by atoms with Crippen molar-refractivity contribution >= 4 is 0 Å². The zero-order chi connectivity index (χ0) is 12.2. The van der Waals surface area contributed by atoms with Crippen LogP contribution in [0.2, 0.25) is 0 Å². The van der Waals surface area contributed by atoms with Crippen LogP contribution in [0.5, 0.6) is 0 Å². The molecule has 1 fully saturated rings. The smallest absolute Gasteiger partial charge is 0.0674 e. The van der Waals surface area contributed by atoms with Gasteiger partial charge in [0.15, 0.2) is 0 Å². The first-order valence-corrected chi connectivity index (χ1v) is 6.46. The van der Waals surface area contributed by atoms with E-state index in [2.05, 4.69) is 44.8 Å². The highest BCUT2D eigenvalue weighted by Crippen LogP contribution is 2.08. The third kappa shape index (κ3) is 5.83. The van der Waals surface area contributed by atoms with Gasteiger partial charge in [-0.1, -0.05) is 6.92 Å². The lowest BCUT2D eigenvalue weighted by Gasteiger charge is -2.33. The van der Waals surface area contributed by atoms with Crippen LogP contribution in [-0.4, -0.2) is 49.3 Å². The van der Waals surface area contributed by atoms with Gasteiger partial charge < -0.3 is 10.1 Å². The van der Waals surface area contributed by atoms with Crippen LogP contribution in [0.4, 0.5) is 0 Å². The van der Waals surface area contributed by atoms with Crippen LogP contribution < -0.4 is 5.32 Å². The molecule has 0 aromatic carbocycles. The Morgan fingerprint density at radius 3 is 2.69 bits per heavy atom. The maximum absolute atomic E-state index is 5.55.